The Morgan fingerprint density at radius 2 is 2.33 bits per heavy atom. The van der Waals surface area contributed by atoms with Crippen LogP contribution in [0, 0.1) is 0 Å². The molecule has 1 aromatic rings. The van der Waals surface area contributed by atoms with Crippen molar-refractivity contribution in [3.05, 3.63) is 29.6 Å². The number of halogens is 1. The molecular weight excluding hydrogens is 220 g/mol. The third-order valence-electron chi connectivity index (χ3n) is 1.46. The van der Waals surface area contributed by atoms with Crippen molar-refractivity contribution in [2.75, 3.05) is 5.33 Å². The number of hydrogen-bond donors (Lipinski definition) is 1. The molecule has 0 saturated carbocycles. The lowest BCUT2D eigenvalue weighted by Gasteiger charge is -1.98. The molecule has 1 aromatic heterocycles. The molecule has 0 radical (unpaired) electrons. The average molecular weight is 229 g/mol. The quantitative estimate of drug-likeness (QED) is 0.789. The van der Waals surface area contributed by atoms with Gasteiger partial charge in [-0.15, -0.1) is 0 Å². The lowest BCUT2D eigenvalue weighted by molar-refractivity contribution is 0.1000. The van der Waals surface area contributed by atoms with Gasteiger partial charge in [0.05, 0.1) is 5.56 Å². The van der Waals surface area contributed by atoms with E-state index >= 15 is 0 Å². The van der Waals surface area contributed by atoms with Crippen LogP contribution in [0.1, 0.15) is 15.9 Å². The summed E-state index contributed by atoms with van der Waals surface area (Å²) in [5.74, 6) is -0.432. The van der Waals surface area contributed by atoms with Gasteiger partial charge in [-0.1, -0.05) is 15.9 Å². The zero-order valence-electron chi connectivity index (χ0n) is 6.46. The molecule has 2 N–H and O–H groups in total. The predicted octanol–water partition coefficient (Wildman–Crippen LogP) is 1.12. The molecule has 0 unspecified atom stereocenters. The Labute approximate surface area is 79.1 Å². The van der Waals surface area contributed by atoms with E-state index in [-0.39, 0.29) is 0 Å². The van der Waals surface area contributed by atoms with Crippen LogP contribution in [0.3, 0.4) is 0 Å². The highest BCUT2D eigenvalue weighted by Gasteiger charge is 2.00. The van der Waals surface area contributed by atoms with Gasteiger partial charge in [0, 0.05) is 17.7 Å². The van der Waals surface area contributed by atoms with Gasteiger partial charge in [-0.3, -0.25) is 9.78 Å². The molecule has 4 heteroatoms. The second kappa shape index (κ2) is 4.21. The molecule has 1 heterocycles. The first-order chi connectivity index (χ1) is 5.74. The molecule has 0 atom stereocenters. The molecule has 1 rings (SSSR count). The lowest BCUT2D eigenvalue weighted by Crippen LogP contribution is -2.11. The van der Waals surface area contributed by atoms with Gasteiger partial charge in [-0.05, 0) is 18.1 Å². The van der Waals surface area contributed by atoms with Crippen molar-refractivity contribution in [2.45, 2.75) is 6.42 Å². The van der Waals surface area contributed by atoms with E-state index in [2.05, 4.69) is 20.9 Å². The monoisotopic (exact) mass is 228 g/mol. The highest BCUT2D eigenvalue weighted by Crippen LogP contribution is 2.03. The average Bonchev–Trinajstić information content (AvgIpc) is 2.05. The van der Waals surface area contributed by atoms with Crippen LogP contribution in [0.15, 0.2) is 18.5 Å². The van der Waals surface area contributed by atoms with Crippen LogP contribution in [0.25, 0.3) is 0 Å². The summed E-state index contributed by atoms with van der Waals surface area (Å²) < 4.78 is 0. The third kappa shape index (κ3) is 2.30. The number of primary amides is 1. The Kier molecular flexibility index (Phi) is 3.22. The first-order valence-electron chi connectivity index (χ1n) is 3.53. The molecule has 12 heavy (non-hydrogen) atoms. The van der Waals surface area contributed by atoms with E-state index in [1.165, 1.54) is 6.20 Å². The Morgan fingerprint density at radius 3 is 2.92 bits per heavy atom. The minimum atomic E-state index is -0.432. The SMILES string of the molecule is NC(=O)c1cncc(CCBr)c1. The fraction of sp³-hybridized carbons (Fsp3) is 0.250. The molecule has 0 aliphatic carbocycles. The maximum Gasteiger partial charge on any atom is 0.250 e. The van der Waals surface area contributed by atoms with Crippen LogP contribution < -0.4 is 5.73 Å². The summed E-state index contributed by atoms with van der Waals surface area (Å²) in [6.07, 6.45) is 4.06. The molecule has 1 amide bonds. The van der Waals surface area contributed by atoms with Gasteiger partial charge in [-0.2, -0.15) is 0 Å². The van der Waals surface area contributed by atoms with Crippen molar-refractivity contribution in [3.63, 3.8) is 0 Å². The maximum atomic E-state index is 10.7. The standard InChI is InChI=1S/C8H9BrN2O/c9-2-1-6-3-7(8(10)12)5-11-4-6/h3-5H,1-2H2,(H2,10,12). The van der Waals surface area contributed by atoms with Crippen LogP contribution >= 0.6 is 15.9 Å². The summed E-state index contributed by atoms with van der Waals surface area (Å²) in [5, 5.41) is 0.858. The highest BCUT2D eigenvalue weighted by atomic mass is 79.9. The van der Waals surface area contributed by atoms with Crippen molar-refractivity contribution in [3.8, 4) is 0 Å². The molecule has 0 aliphatic heterocycles. The van der Waals surface area contributed by atoms with E-state index in [0.29, 0.717) is 5.56 Å². The molecule has 0 aliphatic rings. The molecule has 0 aromatic carbocycles. The van der Waals surface area contributed by atoms with Crippen molar-refractivity contribution >= 4 is 21.8 Å². The van der Waals surface area contributed by atoms with Crippen molar-refractivity contribution < 1.29 is 4.79 Å². The number of hydrogen-bond acceptors (Lipinski definition) is 2. The number of aryl methyl sites for hydroxylation is 1. The number of aromatic nitrogens is 1. The first-order valence-corrected chi connectivity index (χ1v) is 4.66. The summed E-state index contributed by atoms with van der Waals surface area (Å²) in [6.45, 7) is 0. The minimum Gasteiger partial charge on any atom is -0.366 e. The van der Waals surface area contributed by atoms with Crippen LogP contribution in [0.4, 0.5) is 0 Å². The second-order valence-electron chi connectivity index (χ2n) is 2.39. The highest BCUT2D eigenvalue weighted by molar-refractivity contribution is 9.09. The molecule has 0 spiro atoms. The number of pyridine rings is 1. The van der Waals surface area contributed by atoms with Crippen molar-refractivity contribution in [1.29, 1.82) is 0 Å². The number of carbonyl (C=O) groups excluding carboxylic acids is 1. The van der Waals surface area contributed by atoms with E-state index in [0.717, 1.165) is 17.3 Å². The Hall–Kier alpha value is -0.900. The molecule has 0 bridgehead atoms. The predicted molar refractivity (Wildman–Crippen MR) is 50.3 cm³/mol. The Bertz CT molecular complexity index is 288. The van der Waals surface area contributed by atoms with Crippen LogP contribution in [0.5, 0.6) is 0 Å². The molecular formula is C8H9BrN2O. The number of nitrogens with zero attached hydrogens (tertiary/aromatic N) is 1. The van der Waals surface area contributed by atoms with Gasteiger partial charge >= 0.3 is 0 Å². The molecule has 3 nitrogen and oxygen atoms in total. The van der Waals surface area contributed by atoms with Gasteiger partial charge in [0.25, 0.3) is 0 Å². The molecule has 0 fully saturated rings. The summed E-state index contributed by atoms with van der Waals surface area (Å²) in [5.41, 5.74) is 6.57. The summed E-state index contributed by atoms with van der Waals surface area (Å²) in [4.78, 5) is 14.6. The zero-order chi connectivity index (χ0) is 8.97. The van der Waals surface area contributed by atoms with Gasteiger partial charge in [-0.25, -0.2) is 0 Å². The number of carbonyl (C=O) groups is 1. The van der Waals surface area contributed by atoms with Crippen LogP contribution in [0.2, 0.25) is 0 Å². The summed E-state index contributed by atoms with van der Waals surface area (Å²) in [7, 11) is 0. The van der Waals surface area contributed by atoms with Crippen molar-refractivity contribution in [1.82, 2.24) is 4.98 Å². The largest absolute Gasteiger partial charge is 0.366 e. The number of nitrogens with two attached hydrogens (primary N) is 1. The maximum absolute atomic E-state index is 10.7. The van der Waals surface area contributed by atoms with E-state index in [9.17, 15) is 4.79 Å². The number of alkyl halides is 1. The summed E-state index contributed by atoms with van der Waals surface area (Å²) >= 11 is 3.30. The first kappa shape index (κ1) is 9.19. The fourth-order valence-corrected chi connectivity index (χ4v) is 1.33. The van der Waals surface area contributed by atoms with E-state index in [1.807, 2.05) is 0 Å². The van der Waals surface area contributed by atoms with Gasteiger partial charge in [0.2, 0.25) is 5.91 Å². The van der Waals surface area contributed by atoms with E-state index in [4.69, 9.17) is 5.73 Å². The topological polar surface area (TPSA) is 56.0 Å². The number of amides is 1. The fourth-order valence-electron chi connectivity index (χ4n) is 0.868. The lowest BCUT2D eigenvalue weighted by atomic mass is 10.1. The van der Waals surface area contributed by atoms with Crippen LogP contribution in [-0.2, 0) is 6.42 Å². The molecule has 0 saturated heterocycles. The summed E-state index contributed by atoms with van der Waals surface area (Å²) in [6, 6.07) is 1.76. The van der Waals surface area contributed by atoms with Gasteiger partial charge in [0.15, 0.2) is 0 Å². The number of rotatable bonds is 3. The molecule has 64 valence electrons. The third-order valence-corrected chi connectivity index (χ3v) is 1.86. The Balaban J connectivity index is 2.88. The van der Waals surface area contributed by atoms with E-state index in [1.54, 1.807) is 12.3 Å². The van der Waals surface area contributed by atoms with E-state index < -0.39 is 5.91 Å². The smallest absolute Gasteiger partial charge is 0.250 e. The minimum absolute atomic E-state index is 0.432. The van der Waals surface area contributed by atoms with Gasteiger partial charge in [0.1, 0.15) is 0 Å². The zero-order valence-corrected chi connectivity index (χ0v) is 8.04. The van der Waals surface area contributed by atoms with Crippen molar-refractivity contribution in [2.24, 2.45) is 5.73 Å². The van der Waals surface area contributed by atoms with Crippen LogP contribution in [-0.4, -0.2) is 16.2 Å². The second-order valence-corrected chi connectivity index (χ2v) is 3.18. The normalized spacial score (nSPS) is 9.75. The van der Waals surface area contributed by atoms with Gasteiger partial charge < -0.3 is 5.73 Å². The Morgan fingerprint density at radius 1 is 1.58 bits per heavy atom.